The zero-order valence-electron chi connectivity index (χ0n) is 14.8. The lowest BCUT2D eigenvalue weighted by atomic mass is 9.84. The quantitative estimate of drug-likeness (QED) is 0.758. The van der Waals surface area contributed by atoms with Gasteiger partial charge in [0.15, 0.2) is 0 Å². The molecule has 1 N–H and O–H groups in total. The Labute approximate surface area is 146 Å². The van der Waals surface area contributed by atoms with Crippen LogP contribution in [0.4, 0.5) is 4.79 Å². The molecule has 0 spiro atoms. The molecule has 1 rings (SSSR count). The van der Waals surface area contributed by atoms with Crippen LogP contribution in [0.2, 0.25) is 18.1 Å². The molecule has 1 atom stereocenters. The topological polar surface area (TPSA) is 47.6 Å². The van der Waals surface area contributed by atoms with Crippen LogP contribution in [0.1, 0.15) is 38.0 Å². The fourth-order valence-corrected chi connectivity index (χ4v) is 3.44. The van der Waals surface area contributed by atoms with Crippen molar-refractivity contribution in [3.8, 4) is 0 Å². The number of ether oxygens (including phenoxy) is 1. The summed E-state index contributed by atoms with van der Waals surface area (Å²) >= 11 is 6.43. The molecule has 4 nitrogen and oxygen atoms in total. The van der Waals surface area contributed by atoms with Crippen molar-refractivity contribution in [3.05, 3.63) is 34.3 Å². The van der Waals surface area contributed by atoms with Crippen LogP contribution in [-0.4, -0.2) is 28.8 Å². The van der Waals surface area contributed by atoms with Crippen LogP contribution in [0, 0.1) is 5.41 Å². The van der Waals surface area contributed by atoms with Crippen molar-refractivity contribution in [2.45, 2.75) is 46.4 Å². The molecule has 1 radical (unpaired) electrons. The number of nitrogens with one attached hydrogen (secondary N) is 1. The second-order valence-corrected chi connectivity index (χ2v) is 9.26. The molecule has 0 aromatic heterocycles. The Bertz CT molecular complexity index is 529. The van der Waals surface area contributed by atoms with Gasteiger partial charge in [-0.1, -0.05) is 44.5 Å². The van der Waals surface area contributed by atoms with E-state index < -0.39 is 15.1 Å². The second kappa shape index (κ2) is 8.71. The van der Waals surface area contributed by atoms with Gasteiger partial charge in [-0.25, -0.2) is 4.79 Å². The highest BCUT2D eigenvalue weighted by Crippen LogP contribution is 2.40. The summed E-state index contributed by atoms with van der Waals surface area (Å²) in [6.45, 7) is 11.2. The molecular formula is C17H27ClNO3Si. The van der Waals surface area contributed by atoms with Gasteiger partial charge in [-0.3, -0.25) is 0 Å². The van der Waals surface area contributed by atoms with Crippen LogP contribution in [0.15, 0.2) is 18.2 Å². The first-order valence-electron chi connectivity index (χ1n) is 7.72. The molecule has 0 aliphatic heterocycles. The number of carbonyl (C=O) groups excluding carboxylic acids is 1. The van der Waals surface area contributed by atoms with Crippen molar-refractivity contribution in [3.63, 3.8) is 0 Å². The van der Waals surface area contributed by atoms with Gasteiger partial charge in [0.2, 0.25) is 9.04 Å². The minimum Gasteiger partial charge on any atom is -0.453 e. The number of alkyl carbamates (subject to hydrolysis) is 1. The average molecular weight is 357 g/mol. The van der Waals surface area contributed by atoms with Crippen molar-refractivity contribution in [1.82, 2.24) is 5.32 Å². The fraction of sp³-hybridized carbons (Fsp3) is 0.588. The molecule has 129 valence electrons. The van der Waals surface area contributed by atoms with Gasteiger partial charge in [0.1, 0.15) is 0 Å². The molecule has 0 aliphatic carbocycles. The van der Waals surface area contributed by atoms with Crippen LogP contribution >= 0.6 is 11.6 Å². The van der Waals surface area contributed by atoms with E-state index in [0.717, 1.165) is 16.1 Å². The van der Waals surface area contributed by atoms with E-state index in [1.54, 1.807) is 0 Å². The van der Waals surface area contributed by atoms with E-state index in [0.29, 0.717) is 13.0 Å². The minimum absolute atomic E-state index is 0.0472. The number of rotatable bonds is 6. The van der Waals surface area contributed by atoms with Crippen molar-refractivity contribution in [2.24, 2.45) is 5.41 Å². The molecule has 1 unspecified atom stereocenters. The van der Waals surface area contributed by atoms with Gasteiger partial charge in [0.25, 0.3) is 0 Å². The highest BCUT2D eigenvalue weighted by Gasteiger charge is 2.30. The smallest absolute Gasteiger partial charge is 0.406 e. The number of halogens is 1. The largest absolute Gasteiger partial charge is 0.453 e. The van der Waals surface area contributed by atoms with Crippen molar-refractivity contribution in [2.75, 3.05) is 13.7 Å². The molecular weight excluding hydrogens is 330 g/mol. The Morgan fingerprint density at radius 3 is 2.52 bits per heavy atom. The zero-order chi connectivity index (χ0) is 17.6. The maximum Gasteiger partial charge on any atom is 0.406 e. The standard InChI is InChI=1S/C17H27ClNO3Si/c1-17(2,3)15(22-23(5)6)13-11-12(7-8-14(13)18)9-10-19-16(20)21-4/h7-8,11,15H,9-10H2,1-6H3,(H,19,20). The van der Waals surface area contributed by atoms with Gasteiger partial charge in [-0.2, -0.15) is 0 Å². The average Bonchev–Trinajstić information content (AvgIpc) is 2.45. The first-order chi connectivity index (χ1) is 10.6. The van der Waals surface area contributed by atoms with Crippen LogP contribution in [0.5, 0.6) is 0 Å². The molecule has 0 saturated heterocycles. The lowest BCUT2D eigenvalue weighted by Crippen LogP contribution is -2.27. The van der Waals surface area contributed by atoms with Gasteiger partial charge in [0, 0.05) is 11.6 Å². The van der Waals surface area contributed by atoms with Gasteiger partial charge < -0.3 is 14.5 Å². The van der Waals surface area contributed by atoms with Crippen LogP contribution in [0.25, 0.3) is 0 Å². The molecule has 23 heavy (non-hydrogen) atoms. The number of carbonyl (C=O) groups is 1. The summed E-state index contributed by atoms with van der Waals surface area (Å²) in [6.07, 6.45) is 0.248. The minimum atomic E-state index is -0.855. The maximum absolute atomic E-state index is 11.1. The number of hydrogen-bond donors (Lipinski definition) is 1. The van der Waals surface area contributed by atoms with E-state index in [2.05, 4.69) is 50.0 Å². The van der Waals surface area contributed by atoms with Crippen molar-refractivity contribution < 1.29 is 14.0 Å². The third-order valence-corrected chi connectivity index (χ3v) is 4.40. The van der Waals surface area contributed by atoms with Gasteiger partial charge in [-0.05, 0) is 42.1 Å². The molecule has 0 aliphatic rings. The normalized spacial score (nSPS) is 13.0. The summed E-state index contributed by atoms with van der Waals surface area (Å²) in [5.41, 5.74) is 2.08. The highest BCUT2D eigenvalue weighted by molar-refractivity contribution is 6.48. The SMILES string of the molecule is COC(=O)NCCc1ccc(Cl)c(C(O[Si](C)C)C(C)(C)C)c1. The molecule has 1 aromatic carbocycles. The number of amides is 1. The Morgan fingerprint density at radius 2 is 2.00 bits per heavy atom. The predicted octanol–water partition coefficient (Wildman–Crippen LogP) is 4.59. The lowest BCUT2D eigenvalue weighted by molar-refractivity contribution is 0.0866. The summed E-state index contributed by atoms with van der Waals surface area (Å²) in [7, 11) is 0.502. The Morgan fingerprint density at radius 1 is 1.35 bits per heavy atom. The van der Waals surface area contributed by atoms with Crippen molar-refractivity contribution >= 4 is 26.7 Å². The third-order valence-electron chi connectivity index (χ3n) is 3.35. The second-order valence-electron chi connectivity index (χ2n) is 6.80. The molecule has 1 aromatic rings. The molecule has 0 saturated carbocycles. The monoisotopic (exact) mass is 356 g/mol. The highest BCUT2D eigenvalue weighted by atomic mass is 35.5. The zero-order valence-corrected chi connectivity index (χ0v) is 16.6. The van der Waals surface area contributed by atoms with Crippen LogP contribution < -0.4 is 5.32 Å². The van der Waals surface area contributed by atoms with Crippen LogP contribution in [0.3, 0.4) is 0 Å². The first kappa shape index (κ1) is 20.0. The first-order valence-corrected chi connectivity index (χ1v) is 10.5. The van der Waals surface area contributed by atoms with E-state index >= 15 is 0 Å². The van der Waals surface area contributed by atoms with Crippen molar-refractivity contribution in [1.29, 1.82) is 0 Å². The summed E-state index contributed by atoms with van der Waals surface area (Å²) in [4.78, 5) is 11.1. The van der Waals surface area contributed by atoms with Crippen LogP contribution in [-0.2, 0) is 15.6 Å². The molecule has 6 heteroatoms. The number of methoxy groups -OCH3 is 1. The fourth-order valence-electron chi connectivity index (χ4n) is 2.27. The van der Waals surface area contributed by atoms with Gasteiger partial charge in [0.05, 0.1) is 13.2 Å². The summed E-state index contributed by atoms with van der Waals surface area (Å²) < 4.78 is 10.8. The number of hydrogen-bond acceptors (Lipinski definition) is 3. The Kier molecular flexibility index (Phi) is 7.57. The molecule has 0 bridgehead atoms. The summed E-state index contributed by atoms with van der Waals surface area (Å²) in [5.74, 6) is 0. The summed E-state index contributed by atoms with van der Waals surface area (Å²) in [6, 6.07) is 5.97. The van der Waals surface area contributed by atoms with Gasteiger partial charge >= 0.3 is 6.09 Å². The van der Waals surface area contributed by atoms with E-state index in [1.165, 1.54) is 7.11 Å². The molecule has 1 amide bonds. The predicted molar refractivity (Wildman–Crippen MR) is 96.3 cm³/mol. The third kappa shape index (κ3) is 6.53. The maximum atomic E-state index is 11.1. The van der Waals surface area contributed by atoms with E-state index in [1.807, 2.05) is 12.1 Å². The lowest BCUT2D eigenvalue weighted by Gasteiger charge is -2.33. The van der Waals surface area contributed by atoms with E-state index in [9.17, 15) is 4.79 Å². The molecule has 0 fully saturated rings. The van der Waals surface area contributed by atoms with E-state index in [4.69, 9.17) is 16.0 Å². The Hall–Kier alpha value is -1.04. The summed E-state index contributed by atoms with van der Waals surface area (Å²) in [5, 5.41) is 3.41. The Balaban J connectivity index is 2.96. The van der Waals surface area contributed by atoms with Gasteiger partial charge in [-0.15, -0.1) is 0 Å². The van der Waals surface area contributed by atoms with E-state index in [-0.39, 0.29) is 11.5 Å². The number of benzene rings is 1. The molecule has 0 heterocycles.